The van der Waals surface area contributed by atoms with Crippen molar-refractivity contribution in [3.63, 3.8) is 0 Å². The fourth-order valence-electron chi connectivity index (χ4n) is 1.87. The summed E-state index contributed by atoms with van der Waals surface area (Å²) >= 11 is 3.53. The molecule has 2 unspecified atom stereocenters. The molecule has 1 aliphatic carbocycles. The number of ether oxygens (including phenoxy) is 1. The molecular formula is C15H22BrNO3. The molecule has 0 bridgehead atoms. The zero-order valence-electron chi connectivity index (χ0n) is 11.9. The minimum Gasteiger partial charge on any atom is -0.395 e. The highest BCUT2D eigenvalue weighted by molar-refractivity contribution is 9.09. The summed E-state index contributed by atoms with van der Waals surface area (Å²) in [6, 6.07) is 0.0889. The fraction of sp³-hybridized carbons (Fsp3) is 0.533. The molecule has 2 atom stereocenters. The molecule has 1 rings (SSSR count). The van der Waals surface area contributed by atoms with Crippen LogP contribution in [-0.2, 0) is 9.53 Å². The summed E-state index contributed by atoms with van der Waals surface area (Å²) in [5.41, 5.74) is 0.0401. The summed E-state index contributed by atoms with van der Waals surface area (Å²) in [6.07, 6.45) is 7.05. The van der Waals surface area contributed by atoms with Crippen LogP contribution in [0.5, 0.6) is 0 Å². The van der Waals surface area contributed by atoms with Crippen molar-refractivity contribution in [2.75, 3.05) is 19.8 Å². The first-order valence-electron chi connectivity index (χ1n) is 6.60. The minimum absolute atomic E-state index is 0.0634. The highest BCUT2D eigenvalue weighted by Crippen LogP contribution is 2.35. The van der Waals surface area contributed by atoms with Crippen molar-refractivity contribution in [2.24, 2.45) is 5.41 Å². The zero-order chi connectivity index (χ0) is 15.2. The highest BCUT2D eigenvalue weighted by Gasteiger charge is 2.36. The van der Waals surface area contributed by atoms with Gasteiger partial charge in [-0.15, -0.1) is 6.58 Å². The molecule has 0 saturated carbocycles. The second kappa shape index (κ2) is 7.76. The number of halogens is 1. The second-order valence-corrected chi connectivity index (χ2v) is 6.17. The highest BCUT2D eigenvalue weighted by atomic mass is 79.9. The Kier molecular flexibility index (Phi) is 6.65. The zero-order valence-corrected chi connectivity index (χ0v) is 13.5. The number of carbonyl (C=O) groups is 1. The maximum Gasteiger partial charge on any atom is 0.251 e. The third-order valence-corrected chi connectivity index (χ3v) is 4.23. The van der Waals surface area contributed by atoms with Gasteiger partial charge in [0.2, 0.25) is 0 Å². The van der Waals surface area contributed by atoms with Crippen LogP contribution < -0.4 is 5.32 Å². The Bertz CT molecular complexity index is 417. The normalized spacial score (nSPS) is 25.4. The average Bonchev–Trinajstić information content (AvgIpc) is 2.40. The summed E-state index contributed by atoms with van der Waals surface area (Å²) in [5.74, 6) is -0.112. The van der Waals surface area contributed by atoms with Gasteiger partial charge in [-0.1, -0.05) is 40.2 Å². The van der Waals surface area contributed by atoms with Crippen LogP contribution in [0, 0.1) is 5.41 Å². The van der Waals surface area contributed by atoms with Crippen LogP contribution in [0.4, 0.5) is 0 Å². The van der Waals surface area contributed by atoms with Gasteiger partial charge in [0, 0.05) is 16.4 Å². The number of hydrogen-bond acceptors (Lipinski definition) is 3. The molecule has 0 heterocycles. The molecule has 0 fully saturated rings. The lowest BCUT2D eigenvalue weighted by atomic mass is 9.81. The molecule has 20 heavy (non-hydrogen) atoms. The monoisotopic (exact) mass is 343 g/mol. The number of carbonyl (C=O) groups excluding carboxylic acids is 1. The summed E-state index contributed by atoms with van der Waals surface area (Å²) in [7, 11) is 0. The van der Waals surface area contributed by atoms with Crippen LogP contribution in [0.25, 0.3) is 0 Å². The first-order valence-corrected chi connectivity index (χ1v) is 7.52. The van der Waals surface area contributed by atoms with E-state index in [9.17, 15) is 9.90 Å². The van der Waals surface area contributed by atoms with E-state index >= 15 is 0 Å². The summed E-state index contributed by atoms with van der Waals surface area (Å²) in [4.78, 5) is 11.8. The lowest BCUT2D eigenvalue weighted by Crippen LogP contribution is -2.40. The molecule has 4 nitrogen and oxygen atoms in total. The third kappa shape index (κ3) is 4.30. The second-order valence-electron chi connectivity index (χ2n) is 5.18. The van der Waals surface area contributed by atoms with Gasteiger partial charge < -0.3 is 15.2 Å². The Balaban J connectivity index is 2.78. The quantitative estimate of drug-likeness (QED) is 0.422. The van der Waals surface area contributed by atoms with Crippen molar-refractivity contribution in [3.05, 3.63) is 36.5 Å². The van der Waals surface area contributed by atoms with Gasteiger partial charge in [-0.05, 0) is 13.8 Å². The number of aliphatic hydroxyl groups excluding tert-OH is 1. The van der Waals surface area contributed by atoms with E-state index in [0.717, 1.165) is 0 Å². The molecule has 0 spiro atoms. The fourth-order valence-corrected chi connectivity index (χ4v) is 2.58. The molecule has 0 saturated heterocycles. The van der Waals surface area contributed by atoms with Crippen molar-refractivity contribution in [1.82, 2.24) is 5.32 Å². The van der Waals surface area contributed by atoms with Gasteiger partial charge in [0.15, 0.2) is 0 Å². The van der Waals surface area contributed by atoms with Gasteiger partial charge in [0.25, 0.3) is 5.91 Å². The molecule has 0 aromatic heterocycles. The number of amides is 1. The molecule has 2 N–H and O–H groups in total. The summed E-state index contributed by atoms with van der Waals surface area (Å²) in [6.45, 7) is 8.15. The summed E-state index contributed by atoms with van der Waals surface area (Å²) < 4.78 is 5.46. The smallest absolute Gasteiger partial charge is 0.251 e. The summed E-state index contributed by atoms with van der Waals surface area (Å²) in [5, 5.41) is 12.5. The number of hydrogen-bond donors (Lipinski definition) is 2. The maximum absolute atomic E-state index is 12.0. The van der Waals surface area contributed by atoms with Gasteiger partial charge in [-0.2, -0.15) is 0 Å². The Morgan fingerprint density at radius 2 is 2.40 bits per heavy atom. The first kappa shape index (κ1) is 17.1. The van der Waals surface area contributed by atoms with Gasteiger partial charge in [-0.3, -0.25) is 4.79 Å². The molecule has 112 valence electrons. The van der Waals surface area contributed by atoms with E-state index in [-0.39, 0.29) is 23.4 Å². The van der Waals surface area contributed by atoms with Gasteiger partial charge in [0.05, 0.1) is 25.2 Å². The number of alkyl halides is 1. The van der Waals surface area contributed by atoms with Crippen LogP contribution in [0.2, 0.25) is 0 Å². The van der Waals surface area contributed by atoms with Crippen molar-refractivity contribution in [3.8, 4) is 0 Å². The Morgan fingerprint density at radius 3 is 2.90 bits per heavy atom. The predicted molar refractivity (Wildman–Crippen MR) is 83.8 cm³/mol. The molecule has 0 aromatic carbocycles. The topological polar surface area (TPSA) is 58.6 Å². The number of nitrogens with one attached hydrogen (secondary N) is 1. The molecule has 1 aliphatic rings. The number of rotatable bonds is 7. The van der Waals surface area contributed by atoms with Crippen LogP contribution in [0.3, 0.4) is 0 Å². The first-order chi connectivity index (χ1) is 9.45. The van der Waals surface area contributed by atoms with E-state index in [1.165, 1.54) is 0 Å². The van der Waals surface area contributed by atoms with E-state index in [2.05, 4.69) is 27.8 Å². The molecule has 1 amide bonds. The largest absolute Gasteiger partial charge is 0.395 e. The SMILES string of the molecule is C=CCOCC1(CO)C=CC(C(=O)NC(C)C)=CC1Br. The minimum atomic E-state index is -0.551. The van der Waals surface area contributed by atoms with E-state index in [1.54, 1.807) is 12.2 Å². The van der Waals surface area contributed by atoms with Gasteiger partial charge >= 0.3 is 0 Å². The van der Waals surface area contributed by atoms with E-state index in [1.807, 2.05) is 26.0 Å². The lowest BCUT2D eigenvalue weighted by Gasteiger charge is -2.34. The Morgan fingerprint density at radius 1 is 1.70 bits per heavy atom. The number of allylic oxidation sites excluding steroid dienone is 1. The van der Waals surface area contributed by atoms with Crippen molar-refractivity contribution >= 4 is 21.8 Å². The van der Waals surface area contributed by atoms with Crippen molar-refractivity contribution in [2.45, 2.75) is 24.7 Å². The predicted octanol–water partition coefficient (Wildman–Crippen LogP) is 1.95. The number of aliphatic hydroxyl groups is 1. The van der Waals surface area contributed by atoms with Gasteiger partial charge in [-0.25, -0.2) is 0 Å². The third-order valence-electron chi connectivity index (χ3n) is 3.05. The van der Waals surface area contributed by atoms with Crippen LogP contribution >= 0.6 is 15.9 Å². The Hall–Kier alpha value is -0.910. The van der Waals surface area contributed by atoms with Crippen molar-refractivity contribution in [1.29, 1.82) is 0 Å². The van der Waals surface area contributed by atoms with Crippen LogP contribution in [0.1, 0.15) is 13.8 Å². The van der Waals surface area contributed by atoms with Crippen molar-refractivity contribution < 1.29 is 14.6 Å². The maximum atomic E-state index is 12.0. The molecule has 0 aromatic rings. The molecular weight excluding hydrogens is 322 g/mol. The van der Waals surface area contributed by atoms with Crippen LogP contribution in [-0.4, -0.2) is 41.7 Å². The van der Waals surface area contributed by atoms with E-state index in [4.69, 9.17) is 4.74 Å². The van der Waals surface area contributed by atoms with Crippen LogP contribution in [0.15, 0.2) is 36.5 Å². The average molecular weight is 344 g/mol. The molecule has 5 heteroatoms. The van der Waals surface area contributed by atoms with E-state index in [0.29, 0.717) is 18.8 Å². The molecule has 0 aliphatic heterocycles. The Labute approximate surface area is 128 Å². The van der Waals surface area contributed by atoms with Gasteiger partial charge in [0.1, 0.15) is 0 Å². The lowest BCUT2D eigenvalue weighted by molar-refractivity contribution is -0.117. The van der Waals surface area contributed by atoms with E-state index < -0.39 is 5.41 Å². The molecule has 0 radical (unpaired) electrons. The standard InChI is InChI=1S/C15H22BrNO3/c1-4-7-20-10-15(9-18)6-5-12(8-13(15)16)14(19)17-11(2)3/h4-6,8,11,13,18H,1,7,9-10H2,2-3H3,(H,17,19).